The van der Waals surface area contributed by atoms with Crippen LogP contribution < -0.4 is 0 Å². The highest BCUT2D eigenvalue weighted by Crippen LogP contribution is 2.40. The number of ketones is 1. The Balaban J connectivity index is 1.72. The molecule has 0 aliphatic heterocycles. The fourth-order valence-electron chi connectivity index (χ4n) is 3.36. The van der Waals surface area contributed by atoms with Crippen LogP contribution in [0.15, 0.2) is 22.6 Å². The van der Waals surface area contributed by atoms with E-state index in [1.807, 2.05) is 4.57 Å². The van der Waals surface area contributed by atoms with Crippen LogP contribution in [0, 0.1) is 24.0 Å². The highest BCUT2D eigenvalue weighted by molar-refractivity contribution is 6.09. The molecule has 3 rings (SSSR count). The Morgan fingerprint density at radius 3 is 2.47 bits per heavy atom. The maximum absolute atomic E-state index is 12.8. The lowest BCUT2D eigenvalue weighted by Gasteiger charge is -2.07. The van der Waals surface area contributed by atoms with E-state index in [-0.39, 0.29) is 22.9 Å². The standard InChI is InChI=1S/C20H20N2O8/c1-11-18(19(20(25)28-3)12(2)21(11)13-4-5-13)15(23)10-29-17(24)9-7-14-6-8-16(30-14)22(26)27/h6-9,13H,4-5,10H2,1-3H3/b9-7+. The summed E-state index contributed by atoms with van der Waals surface area (Å²) in [5, 5.41) is 10.6. The summed E-state index contributed by atoms with van der Waals surface area (Å²) in [4.78, 5) is 46.8. The number of aromatic nitrogens is 1. The molecule has 2 aromatic rings. The average Bonchev–Trinajstić information content (AvgIpc) is 3.35. The van der Waals surface area contributed by atoms with Crippen molar-refractivity contribution in [3.8, 4) is 0 Å². The zero-order chi connectivity index (χ0) is 22.0. The molecule has 2 heterocycles. The number of methoxy groups -OCH3 is 1. The van der Waals surface area contributed by atoms with Crippen LogP contribution in [0.25, 0.3) is 6.08 Å². The number of nitrogens with zero attached hydrogens (tertiary/aromatic N) is 2. The van der Waals surface area contributed by atoms with Crippen molar-refractivity contribution in [2.75, 3.05) is 13.7 Å². The molecule has 30 heavy (non-hydrogen) atoms. The summed E-state index contributed by atoms with van der Waals surface area (Å²) in [5.74, 6) is -2.35. The molecule has 0 saturated heterocycles. The van der Waals surface area contributed by atoms with Crippen molar-refractivity contribution in [2.24, 2.45) is 0 Å². The van der Waals surface area contributed by atoms with Gasteiger partial charge < -0.3 is 18.5 Å². The number of rotatable bonds is 8. The van der Waals surface area contributed by atoms with Gasteiger partial charge in [-0.3, -0.25) is 14.9 Å². The first-order chi connectivity index (χ1) is 14.2. The van der Waals surface area contributed by atoms with Crippen LogP contribution in [0.4, 0.5) is 5.88 Å². The number of carbonyl (C=O) groups is 3. The third-order valence-corrected chi connectivity index (χ3v) is 4.80. The molecule has 1 saturated carbocycles. The van der Waals surface area contributed by atoms with Gasteiger partial charge >= 0.3 is 17.8 Å². The summed E-state index contributed by atoms with van der Waals surface area (Å²) < 4.78 is 16.6. The van der Waals surface area contributed by atoms with Crippen LogP contribution in [-0.4, -0.2) is 40.9 Å². The molecule has 0 unspecified atom stereocenters. The second kappa shape index (κ2) is 8.36. The number of hydrogen-bond donors (Lipinski definition) is 0. The summed E-state index contributed by atoms with van der Waals surface area (Å²) in [6.07, 6.45) is 4.12. The van der Waals surface area contributed by atoms with E-state index in [2.05, 4.69) is 0 Å². The van der Waals surface area contributed by atoms with Gasteiger partial charge in [-0.25, -0.2) is 9.59 Å². The molecule has 0 N–H and O–H groups in total. The molecule has 0 atom stereocenters. The van der Waals surface area contributed by atoms with E-state index in [9.17, 15) is 24.5 Å². The molecule has 1 fully saturated rings. The first kappa shape index (κ1) is 21.0. The Bertz CT molecular complexity index is 1060. The minimum Gasteiger partial charge on any atom is -0.465 e. The van der Waals surface area contributed by atoms with Gasteiger partial charge in [0, 0.05) is 23.5 Å². The maximum atomic E-state index is 12.8. The van der Waals surface area contributed by atoms with Crippen molar-refractivity contribution in [2.45, 2.75) is 32.7 Å². The van der Waals surface area contributed by atoms with Crippen molar-refractivity contribution in [1.29, 1.82) is 0 Å². The number of Topliss-reactive ketones (excluding diaryl/α,β-unsaturated/α-hetero) is 1. The Hall–Kier alpha value is -3.69. The van der Waals surface area contributed by atoms with E-state index >= 15 is 0 Å². The lowest BCUT2D eigenvalue weighted by Crippen LogP contribution is -2.16. The summed E-state index contributed by atoms with van der Waals surface area (Å²) in [6, 6.07) is 2.72. The molecule has 1 aliphatic carbocycles. The highest BCUT2D eigenvalue weighted by atomic mass is 16.6. The molecular weight excluding hydrogens is 396 g/mol. The molecular formula is C20H20N2O8. The Morgan fingerprint density at radius 2 is 1.90 bits per heavy atom. The number of ether oxygens (including phenoxy) is 2. The average molecular weight is 416 g/mol. The van der Waals surface area contributed by atoms with Crippen LogP contribution >= 0.6 is 0 Å². The first-order valence-electron chi connectivity index (χ1n) is 9.16. The zero-order valence-electron chi connectivity index (χ0n) is 16.7. The smallest absolute Gasteiger partial charge is 0.433 e. The molecule has 0 spiro atoms. The predicted molar refractivity (Wildman–Crippen MR) is 103 cm³/mol. The molecule has 2 aromatic heterocycles. The topological polar surface area (TPSA) is 131 Å². The van der Waals surface area contributed by atoms with E-state index in [1.165, 1.54) is 19.3 Å². The van der Waals surface area contributed by atoms with Gasteiger partial charge in [-0.05, 0) is 38.8 Å². The molecule has 10 heteroatoms. The van der Waals surface area contributed by atoms with Crippen LogP contribution in [0.3, 0.4) is 0 Å². The fourth-order valence-corrected chi connectivity index (χ4v) is 3.36. The summed E-state index contributed by atoms with van der Waals surface area (Å²) in [6.45, 7) is 2.93. The van der Waals surface area contributed by atoms with Gasteiger partial charge in [-0.1, -0.05) is 0 Å². The van der Waals surface area contributed by atoms with E-state index in [0.717, 1.165) is 25.0 Å². The molecule has 0 radical (unpaired) electrons. The molecule has 0 amide bonds. The monoisotopic (exact) mass is 416 g/mol. The van der Waals surface area contributed by atoms with Crippen molar-refractivity contribution >= 4 is 29.7 Å². The van der Waals surface area contributed by atoms with Gasteiger partial charge in [0.25, 0.3) is 0 Å². The van der Waals surface area contributed by atoms with Crippen LogP contribution in [0.1, 0.15) is 56.7 Å². The summed E-state index contributed by atoms with van der Waals surface area (Å²) in [5.41, 5.74) is 1.65. The van der Waals surface area contributed by atoms with Gasteiger partial charge in [0.15, 0.2) is 6.61 Å². The molecule has 10 nitrogen and oxygen atoms in total. The zero-order valence-corrected chi connectivity index (χ0v) is 16.7. The number of esters is 2. The third kappa shape index (κ3) is 4.17. The second-order valence-electron chi connectivity index (χ2n) is 6.81. The van der Waals surface area contributed by atoms with Crippen molar-refractivity contribution in [3.05, 3.63) is 56.6 Å². The largest absolute Gasteiger partial charge is 0.465 e. The fraction of sp³-hybridized carbons (Fsp3) is 0.350. The van der Waals surface area contributed by atoms with Crippen LogP contribution in [-0.2, 0) is 14.3 Å². The number of furan rings is 1. The van der Waals surface area contributed by atoms with Gasteiger partial charge in [-0.2, -0.15) is 0 Å². The van der Waals surface area contributed by atoms with Gasteiger partial charge in [-0.15, -0.1) is 0 Å². The van der Waals surface area contributed by atoms with E-state index in [0.29, 0.717) is 11.4 Å². The second-order valence-corrected chi connectivity index (χ2v) is 6.81. The van der Waals surface area contributed by atoms with E-state index in [4.69, 9.17) is 13.9 Å². The van der Waals surface area contributed by atoms with Gasteiger partial charge in [0.05, 0.1) is 24.3 Å². The minimum absolute atomic E-state index is 0.0888. The van der Waals surface area contributed by atoms with Crippen molar-refractivity contribution in [1.82, 2.24) is 4.57 Å². The Labute approximate surface area is 171 Å². The Morgan fingerprint density at radius 1 is 1.23 bits per heavy atom. The van der Waals surface area contributed by atoms with E-state index in [1.54, 1.807) is 13.8 Å². The first-order valence-corrected chi connectivity index (χ1v) is 9.16. The number of carbonyl (C=O) groups excluding carboxylic acids is 3. The van der Waals surface area contributed by atoms with Crippen molar-refractivity contribution in [3.63, 3.8) is 0 Å². The lowest BCUT2D eigenvalue weighted by atomic mass is 10.1. The minimum atomic E-state index is -0.835. The SMILES string of the molecule is COC(=O)c1c(C(=O)COC(=O)/C=C/c2ccc([N+](=O)[O-])o2)c(C)n(C2CC2)c1C. The number of nitro groups is 1. The highest BCUT2D eigenvalue weighted by Gasteiger charge is 2.34. The van der Waals surface area contributed by atoms with Gasteiger partial charge in [0.2, 0.25) is 5.78 Å². The Kier molecular flexibility index (Phi) is 5.86. The van der Waals surface area contributed by atoms with Crippen LogP contribution in [0.5, 0.6) is 0 Å². The van der Waals surface area contributed by atoms with E-state index < -0.39 is 35.1 Å². The summed E-state index contributed by atoms with van der Waals surface area (Å²) in [7, 11) is 1.24. The number of hydrogen-bond acceptors (Lipinski definition) is 8. The van der Waals surface area contributed by atoms with Crippen molar-refractivity contribution < 1.29 is 33.2 Å². The van der Waals surface area contributed by atoms with Crippen LogP contribution in [0.2, 0.25) is 0 Å². The van der Waals surface area contributed by atoms with Gasteiger partial charge in [0.1, 0.15) is 10.7 Å². The molecule has 0 aromatic carbocycles. The third-order valence-electron chi connectivity index (χ3n) is 4.80. The lowest BCUT2D eigenvalue weighted by molar-refractivity contribution is -0.402. The maximum Gasteiger partial charge on any atom is 0.433 e. The molecule has 0 bridgehead atoms. The molecule has 158 valence electrons. The summed E-state index contributed by atoms with van der Waals surface area (Å²) >= 11 is 0. The molecule has 1 aliphatic rings. The normalized spacial score (nSPS) is 13.4. The predicted octanol–water partition coefficient (Wildman–Crippen LogP) is 3.17. The quantitative estimate of drug-likeness (QED) is 0.211.